The molecule has 3 atom stereocenters. The molecule has 1 saturated heterocycles. The Hall–Kier alpha value is -3.41. The van der Waals surface area contributed by atoms with Crippen molar-refractivity contribution in [3.8, 4) is 0 Å². The van der Waals surface area contributed by atoms with Crippen LogP contribution in [0, 0.1) is 11.3 Å². The number of rotatable bonds is 12. The topological polar surface area (TPSA) is 170 Å². The number of hydrogen-bond acceptors (Lipinski definition) is 5. The molecule has 1 fully saturated rings. The number of carbonyl (C=O) groups is 4. The lowest BCUT2D eigenvalue weighted by molar-refractivity contribution is -0.141. The van der Waals surface area contributed by atoms with E-state index >= 15 is 0 Å². The molecule has 0 spiro atoms. The van der Waals surface area contributed by atoms with Gasteiger partial charge < -0.3 is 31.9 Å². The Morgan fingerprint density at radius 2 is 1.92 bits per heavy atom. The van der Waals surface area contributed by atoms with Crippen molar-refractivity contribution >= 4 is 46.9 Å². The number of nitrogens with one attached hydrogen (secondary N) is 5. The number of amides is 4. The summed E-state index contributed by atoms with van der Waals surface area (Å²) in [6.07, 6.45) is 1.44. The molecule has 0 aliphatic carbocycles. The number of ketones is 1. The SMILES string of the molecule is CC(C)C(NC(=O)Nc1ccccc1Cl)C(=O)N1CCC[C@H]1C(=O)NC(CCCNC(=N)N)C(=O)CF. The molecule has 2 rings (SSSR count). The molecule has 204 valence electrons. The molecular formula is C24H35ClFN7O4. The van der Waals surface area contributed by atoms with Crippen LogP contribution in [0.15, 0.2) is 24.3 Å². The second-order valence-electron chi connectivity index (χ2n) is 9.13. The predicted molar refractivity (Wildman–Crippen MR) is 139 cm³/mol. The second-order valence-corrected chi connectivity index (χ2v) is 9.54. The number of guanidine groups is 1. The van der Waals surface area contributed by atoms with Gasteiger partial charge in [0.25, 0.3) is 0 Å². The molecule has 1 aliphatic heterocycles. The summed E-state index contributed by atoms with van der Waals surface area (Å²) >= 11 is 6.09. The van der Waals surface area contributed by atoms with Crippen LogP contribution in [0.1, 0.15) is 39.5 Å². The maximum atomic E-state index is 13.4. The summed E-state index contributed by atoms with van der Waals surface area (Å²) in [5, 5.41) is 18.0. The van der Waals surface area contributed by atoms with E-state index in [0.717, 1.165) is 0 Å². The van der Waals surface area contributed by atoms with Gasteiger partial charge in [0, 0.05) is 13.1 Å². The number of urea groups is 1. The molecular weight excluding hydrogens is 505 g/mol. The van der Waals surface area contributed by atoms with Gasteiger partial charge in [-0.05, 0) is 43.7 Å². The van der Waals surface area contributed by atoms with Gasteiger partial charge in [-0.25, -0.2) is 9.18 Å². The lowest BCUT2D eigenvalue weighted by Gasteiger charge is -2.31. The fourth-order valence-electron chi connectivity index (χ4n) is 4.06. The number of nitrogens with two attached hydrogens (primary N) is 1. The van der Waals surface area contributed by atoms with Crippen molar-refractivity contribution in [1.82, 2.24) is 20.9 Å². The molecule has 1 aromatic carbocycles. The fraction of sp³-hybridized carbons (Fsp3) is 0.542. The molecule has 1 aromatic rings. The number of Topliss-reactive ketones (excluding diaryl/α,β-unsaturated/α-hetero) is 1. The highest BCUT2D eigenvalue weighted by Crippen LogP contribution is 2.22. The molecule has 1 heterocycles. The van der Waals surface area contributed by atoms with Crippen molar-refractivity contribution < 1.29 is 23.6 Å². The Bertz CT molecular complexity index is 994. The van der Waals surface area contributed by atoms with E-state index in [2.05, 4.69) is 21.3 Å². The summed E-state index contributed by atoms with van der Waals surface area (Å²) in [7, 11) is 0. The van der Waals surface area contributed by atoms with E-state index in [-0.39, 0.29) is 24.8 Å². The lowest BCUT2D eigenvalue weighted by atomic mass is 10.0. The highest BCUT2D eigenvalue weighted by Gasteiger charge is 2.39. The van der Waals surface area contributed by atoms with Gasteiger partial charge in [0.2, 0.25) is 11.8 Å². The fourth-order valence-corrected chi connectivity index (χ4v) is 4.24. The van der Waals surface area contributed by atoms with Crippen molar-refractivity contribution in [3.05, 3.63) is 29.3 Å². The van der Waals surface area contributed by atoms with Crippen LogP contribution in [0.2, 0.25) is 5.02 Å². The van der Waals surface area contributed by atoms with Crippen LogP contribution in [0.5, 0.6) is 0 Å². The van der Waals surface area contributed by atoms with Crippen LogP contribution in [-0.4, -0.2) is 72.4 Å². The van der Waals surface area contributed by atoms with E-state index in [0.29, 0.717) is 36.5 Å². The minimum atomic E-state index is -1.24. The normalized spacial score (nSPS) is 16.6. The molecule has 11 nitrogen and oxygen atoms in total. The van der Waals surface area contributed by atoms with Gasteiger partial charge in [0.05, 0.1) is 16.8 Å². The summed E-state index contributed by atoms with van der Waals surface area (Å²) < 4.78 is 13.1. The summed E-state index contributed by atoms with van der Waals surface area (Å²) in [5.74, 6) is -2.28. The number of benzene rings is 1. The molecule has 0 bridgehead atoms. The van der Waals surface area contributed by atoms with E-state index in [1.165, 1.54) is 4.90 Å². The van der Waals surface area contributed by atoms with Crippen LogP contribution in [0.25, 0.3) is 0 Å². The zero-order chi connectivity index (χ0) is 27.5. The Morgan fingerprint density at radius 3 is 2.54 bits per heavy atom. The Balaban J connectivity index is 2.06. The van der Waals surface area contributed by atoms with E-state index in [4.69, 9.17) is 22.7 Å². The molecule has 13 heteroatoms. The van der Waals surface area contributed by atoms with E-state index < -0.39 is 48.4 Å². The van der Waals surface area contributed by atoms with Crippen molar-refractivity contribution in [1.29, 1.82) is 5.41 Å². The highest BCUT2D eigenvalue weighted by molar-refractivity contribution is 6.33. The highest BCUT2D eigenvalue weighted by atomic mass is 35.5. The lowest BCUT2D eigenvalue weighted by Crippen LogP contribution is -2.57. The third-order valence-corrected chi connectivity index (χ3v) is 6.33. The summed E-state index contributed by atoms with van der Waals surface area (Å²) in [4.78, 5) is 52.6. The quantitative estimate of drug-likeness (QED) is 0.134. The van der Waals surface area contributed by atoms with Crippen molar-refractivity contribution in [3.63, 3.8) is 0 Å². The van der Waals surface area contributed by atoms with Gasteiger partial charge in [0.15, 0.2) is 11.7 Å². The molecule has 2 unspecified atom stereocenters. The third-order valence-electron chi connectivity index (χ3n) is 6.00. The number of nitrogens with zero attached hydrogens (tertiary/aromatic N) is 1. The number of anilines is 1. The second kappa shape index (κ2) is 14.4. The molecule has 37 heavy (non-hydrogen) atoms. The van der Waals surface area contributed by atoms with E-state index in [9.17, 15) is 23.6 Å². The van der Waals surface area contributed by atoms with Gasteiger partial charge in [-0.2, -0.15) is 0 Å². The van der Waals surface area contributed by atoms with Crippen LogP contribution in [0.4, 0.5) is 14.9 Å². The van der Waals surface area contributed by atoms with Crippen LogP contribution >= 0.6 is 11.6 Å². The summed E-state index contributed by atoms with van der Waals surface area (Å²) in [5.41, 5.74) is 5.61. The van der Waals surface area contributed by atoms with Crippen molar-refractivity contribution in [2.45, 2.75) is 57.7 Å². The maximum Gasteiger partial charge on any atom is 0.319 e. The Labute approximate surface area is 220 Å². The van der Waals surface area contributed by atoms with Gasteiger partial charge in [-0.1, -0.05) is 37.6 Å². The average molecular weight is 540 g/mol. The molecule has 0 aromatic heterocycles. The number of hydrogen-bond donors (Lipinski definition) is 6. The van der Waals surface area contributed by atoms with Crippen LogP contribution in [-0.2, 0) is 14.4 Å². The zero-order valence-electron chi connectivity index (χ0n) is 21.0. The largest absolute Gasteiger partial charge is 0.370 e. The first-order valence-electron chi connectivity index (χ1n) is 12.1. The van der Waals surface area contributed by atoms with E-state index in [1.54, 1.807) is 38.1 Å². The number of para-hydroxylation sites is 1. The number of carbonyl (C=O) groups excluding carboxylic acids is 4. The Morgan fingerprint density at radius 1 is 1.22 bits per heavy atom. The summed E-state index contributed by atoms with van der Waals surface area (Å²) in [6, 6.07) is 3.22. The number of halogens is 2. The standard InChI is InChI=1S/C24H35ClFN7O4/c1-14(2)20(32-24(37)31-16-8-4-3-7-15(16)25)22(36)33-12-6-10-18(33)21(35)30-17(19(34)13-26)9-5-11-29-23(27)28/h3-4,7-8,14,17-18,20H,5-6,9-13H2,1-2H3,(H,30,35)(H4,27,28,29)(H2,31,32,37)/t17?,18-,20?/m0/s1. The first-order chi connectivity index (χ1) is 17.5. The van der Waals surface area contributed by atoms with Crippen molar-refractivity contribution in [2.75, 3.05) is 25.1 Å². The minimum absolute atomic E-state index is 0.147. The minimum Gasteiger partial charge on any atom is -0.370 e. The summed E-state index contributed by atoms with van der Waals surface area (Å²) in [6.45, 7) is 2.90. The maximum absolute atomic E-state index is 13.4. The predicted octanol–water partition coefficient (Wildman–Crippen LogP) is 1.76. The van der Waals surface area contributed by atoms with Crippen LogP contribution < -0.4 is 27.0 Å². The monoisotopic (exact) mass is 539 g/mol. The third kappa shape index (κ3) is 8.88. The first-order valence-corrected chi connectivity index (χ1v) is 12.5. The molecule has 7 N–H and O–H groups in total. The van der Waals surface area contributed by atoms with E-state index in [1.807, 2.05) is 0 Å². The first kappa shape index (κ1) is 29.8. The van der Waals surface area contributed by atoms with Gasteiger partial charge in [-0.15, -0.1) is 0 Å². The zero-order valence-corrected chi connectivity index (χ0v) is 21.7. The average Bonchev–Trinajstić information content (AvgIpc) is 3.34. The van der Waals surface area contributed by atoms with Crippen LogP contribution in [0.3, 0.4) is 0 Å². The van der Waals surface area contributed by atoms with Crippen molar-refractivity contribution in [2.24, 2.45) is 11.7 Å². The van der Waals surface area contributed by atoms with Gasteiger partial charge >= 0.3 is 6.03 Å². The Kier molecular flexibility index (Phi) is 11.6. The molecule has 0 radical (unpaired) electrons. The molecule has 4 amide bonds. The van der Waals surface area contributed by atoms with Gasteiger partial charge in [0.1, 0.15) is 18.8 Å². The smallest absolute Gasteiger partial charge is 0.319 e. The molecule has 1 aliphatic rings. The number of alkyl halides is 1. The molecule has 0 saturated carbocycles. The van der Waals surface area contributed by atoms with Gasteiger partial charge in [-0.3, -0.25) is 19.8 Å². The number of likely N-dealkylation sites (tertiary alicyclic amines) is 1.